The van der Waals surface area contributed by atoms with E-state index in [0.717, 1.165) is 5.56 Å². The van der Waals surface area contributed by atoms with E-state index in [1.165, 1.54) is 36.4 Å². The predicted octanol–water partition coefficient (Wildman–Crippen LogP) is 4.53. The number of hydrazone groups is 1. The van der Waals surface area contributed by atoms with Crippen molar-refractivity contribution in [3.63, 3.8) is 0 Å². The fourth-order valence-corrected chi connectivity index (χ4v) is 3.72. The number of rotatable bonds is 8. The molecule has 9 nitrogen and oxygen atoms in total. The molecule has 0 bridgehead atoms. The molecule has 9 heteroatoms. The van der Waals surface area contributed by atoms with Crippen LogP contribution in [0.4, 0.5) is 11.4 Å². The minimum atomic E-state index is -1.05. The summed E-state index contributed by atoms with van der Waals surface area (Å²) in [6, 6.07) is 18.5. The summed E-state index contributed by atoms with van der Waals surface area (Å²) in [6.07, 6.45) is 1.73. The van der Waals surface area contributed by atoms with Crippen molar-refractivity contribution in [1.82, 2.24) is 0 Å². The molecule has 0 radical (unpaired) electrons. The van der Waals surface area contributed by atoms with E-state index >= 15 is 0 Å². The van der Waals surface area contributed by atoms with E-state index in [1.807, 2.05) is 31.2 Å². The first-order valence-corrected chi connectivity index (χ1v) is 11.4. The summed E-state index contributed by atoms with van der Waals surface area (Å²) >= 11 is 0. The number of benzene rings is 3. The fourth-order valence-electron chi connectivity index (χ4n) is 3.72. The van der Waals surface area contributed by atoms with Crippen molar-refractivity contribution in [2.24, 2.45) is 5.10 Å². The highest BCUT2D eigenvalue weighted by Crippen LogP contribution is 2.31. The van der Waals surface area contributed by atoms with Crippen LogP contribution in [0, 0.1) is 6.92 Å². The number of nitrogens with zero attached hydrogens (tertiary/aromatic N) is 2. The molecule has 0 atom stereocenters. The number of carbonyl (C=O) groups is 3. The zero-order chi connectivity index (χ0) is 26.5. The lowest BCUT2D eigenvalue weighted by molar-refractivity contribution is -0.118. The molecule has 1 heterocycles. The van der Waals surface area contributed by atoms with Gasteiger partial charge in [0.1, 0.15) is 0 Å². The Labute approximate surface area is 213 Å². The summed E-state index contributed by atoms with van der Waals surface area (Å²) < 4.78 is 11.1. The van der Waals surface area contributed by atoms with Gasteiger partial charge in [0.25, 0.3) is 11.8 Å². The Morgan fingerprint density at radius 3 is 2.46 bits per heavy atom. The van der Waals surface area contributed by atoms with Crippen LogP contribution in [-0.2, 0) is 9.59 Å². The van der Waals surface area contributed by atoms with Gasteiger partial charge in [-0.3, -0.25) is 9.59 Å². The average Bonchev–Trinajstić information content (AvgIpc) is 3.16. The topological polar surface area (TPSA) is 118 Å². The van der Waals surface area contributed by atoms with Crippen molar-refractivity contribution in [2.45, 2.75) is 13.8 Å². The number of amides is 2. The highest BCUT2D eigenvalue weighted by atomic mass is 16.5. The van der Waals surface area contributed by atoms with Crippen molar-refractivity contribution in [1.29, 1.82) is 0 Å². The van der Waals surface area contributed by atoms with Gasteiger partial charge in [-0.15, -0.1) is 0 Å². The number of aromatic carboxylic acids is 1. The van der Waals surface area contributed by atoms with Crippen molar-refractivity contribution in [3.8, 4) is 11.5 Å². The van der Waals surface area contributed by atoms with Crippen LogP contribution in [0.2, 0.25) is 0 Å². The van der Waals surface area contributed by atoms with Gasteiger partial charge in [-0.2, -0.15) is 10.1 Å². The van der Waals surface area contributed by atoms with Crippen LogP contribution in [0.15, 0.2) is 77.4 Å². The zero-order valence-corrected chi connectivity index (χ0v) is 20.5. The number of carboxylic acid groups (broad SMARTS) is 1. The van der Waals surface area contributed by atoms with Gasteiger partial charge in [0, 0.05) is 5.69 Å². The van der Waals surface area contributed by atoms with Gasteiger partial charge >= 0.3 is 5.97 Å². The van der Waals surface area contributed by atoms with Crippen molar-refractivity contribution in [2.75, 3.05) is 24.0 Å². The van der Waals surface area contributed by atoms with E-state index in [-0.39, 0.29) is 18.1 Å². The lowest BCUT2D eigenvalue weighted by atomic mass is 10.1. The van der Waals surface area contributed by atoms with Gasteiger partial charge in [0.2, 0.25) is 0 Å². The summed E-state index contributed by atoms with van der Waals surface area (Å²) in [5.41, 5.74) is 4.06. The van der Waals surface area contributed by atoms with E-state index in [2.05, 4.69) is 10.4 Å². The van der Waals surface area contributed by atoms with E-state index in [0.29, 0.717) is 39.7 Å². The summed E-state index contributed by atoms with van der Waals surface area (Å²) in [5, 5.41) is 17.4. The van der Waals surface area contributed by atoms with E-state index in [4.69, 9.17) is 14.6 Å². The Bertz CT molecular complexity index is 1430. The molecule has 0 fully saturated rings. The second kappa shape index (κ2) is 10.8. The molecule has 1 aliphatic heterocycles. The van der Waals surface area contributed by atoms with Gasteiger partial charge in [-0.25, -0.2) is 4.79 Å². The van der Waals surface area contributed by atoms with Crippen molar-refractivity contribution in [3.05, 3.63) is 89.0 Å². The summed E-state index contributed by atoms with van der Waals surface area (Å²) in [5.74, 6) is -0.948. The van der Waals surface area contributed by atoms with E-state index in [9.17, 15) is 14.4 Å². The molecule has 37 heavy (non-hydrogen) atoms. The van der Waals surface area contributed by atoms with Crippen molar-refractivity contribution < 1.29 is 29.0 Å². The predicted molar refractivity (Wildman–Crippen MR) is 140 cm³/mol. The normalized spacial score (nSPS) is 13.9. The Balaban J connectivity index is 1.43. The zero-order valence-electron chi connectivity index (χ0n) is 20.5. The number of methoxy groups -OCH3 is 1. The number of nitrogens with one attached hydrogen (secondary N) is 1. The summed E-state index contributed by atoms with van der Waals surface area (Å²) in [7, 11) is 1.48. The third-order valence-corrected chi connectivity index (χ3v) is 5.58. The molecule has 188 valence electrons. The maximum atomic E-state index is 13.0. The van der Waals surface area contributed by atoms with Gasteiger partial charge < -0.3 is 19.9 Å². The van der Waals surface area contributed by atoms with Gasteiger partial charge in [-0.1, -0.05) is 18.2 Å². The summed E-state index contributed by atoms with van der Waals surface area (Å²) in [4.78, 5) is 36.3. The molecule has 2 N–H and O–H groups in total. The molecule has 3 aromatic rings. The van der Waals surface area contributed by atoms with Gasteiger partial charge in [0.05, 0.1) is 29.6 Å². The molecular weight excluding hydrogens is 474 g/mol. The number of carboxylic acids is 1. The van der Waals surface area contributed by atoms with Crippen LogP contribution in [0.25, 0.3) is 6.08 Å². The molecule has 2 amide bonds. The Hall–Kier alpha value is -4.92. The van der Waals surface area contributed by atoms with Crippen LogP contribution < -0.4 is 19.8 Å². The van der Waals surface area contributed by atoms with Crippen LogP contribution in [0.5, 0.6) is 11.5 Å². The molecule has 0 aromatic heterocycles. The minimum Gasteiger partial charge on any atom is -0.493 e. The maximum absolute atomic E-state index is 13.0. The Morgan fingerprint density at radius 2 is 1.78 bits per heavy atom. The average molecular weight is 500 g/mol. The second-order valence-corrected chi connectivity index (χ2v) is 8.33. The number of ether oxygens (including phenoxy) is 2. The highest BCUT2D eigenvalue weighted by Gasteiger charge is 2.28. The molecule has 1 aliphatic rings. The van der Waals surface area contributed by atoms with Crippen LogP contribution in [0.3, 0.4) is 0 Å². The van der Waals surface area contributed by atoms with E-state index in [1.54, 1.807) is 31.2 Å². The van der Waals surface area contributed by atoms with E-state index < -0.39 is 11.9 Å². The highest BCUT2D eigenvalue weighted by molar-refractivity contribution is 6.32. The van der Waals surface area contributed by atoms with Gasteiger partial charge in [-0.05, 0) is 79.6 Å². The van der Waals surface area contributed by atoms with Gasteiger partial charge in [0.15, 0.2) is 18.1 Å². The number of hydrogen-bond donors (Lipinski definition) is 2. The monoisotopic (exact) mass is 499 g/mol. The third kappa shape index (κ3) is 5.84. The number of carbonyl (C=O) groups excluding carboxylic acids is 2. The lowest BCUT2D eigenvalue weighted by Gasteiger charge is -2.13. The first kappa shape index (κ1) is 25.2. The standard InChI is InChI=1S/C28H25N3O6/c1-17-5-4-6-22(13-17)31-27(33)23(18(2)30-31)14-19-7-12-24(25(15-19)36-3)37-16-26(32)29-21-10-8-20(9-11-21)28(34)35/h4-15H,16H2,1-3H3,(H,29,32)(H,34,35). The fraction of sp³-hybridized carbons (Fsp3) is 0.143. The molecule has 0 saturated carbocycles. The Kier molecular flexibility index (Phi) is 7.34. The molecule has 4 rings (SSSR count). The Morgan fingerprint density at radius 1 is 1.03 bits per heavy atom. The number of hydrogen-bond acceptors (Lipinski definition) is 6. The molecule has 0 aliphatic carbocycles. The third-order valence-electron chi connectivity index (χ3n) is 5.58. The first-order valence-electron chi connectivity index (χ1n) is 11.4. The summed E-state index contributed by atoms with van der Waals surface area (Å²) in [6.45, 7) is 3.45. The molecule has 3 aromatic carbocycles. The van der Waals surface area contributed by atoms with Crippen LogP contribution in [-0.4, -0.2) is 42.3 Å². The number of aryl methyl sites for hydroxylation is 1. The molecule has 0 unspecified atom stereocenters. The quantitative estimate of drug-likeness (QED) is 0.440. The van der Waals surface area contributed by atoms with Crippen molar-refractivity contribution >= 4 is 40.9 Å². The minimum absolute atomic E-state index is 0.123. The molecule has 0 saturated heterocycles. The second-order valence-electron chi connectivity index (χ2n) is 8.33. The SMILES string of the molecule is COc1cc(C=C2C(=O)N(c3cccc(C)c3)N=C2C)ccc1OCC(=O)Nc1ccc(C(=O)O)cc1. The molecular formula is C28H25N3O6. The number of anilines is 2. The molecule has 0 spiro atoms. The van der Waals surface area contributed by atoms with Crippen LogP contribution in [0.1, 0.15) is 28.4 Å². The first-order chi connectivity index (χ1) is 17.7. The maximum Gasteiger partial charge on any atom is 0.335 e. The van der Waals surface area contributed by atoms with Crippen LogP contribution >= 0.6 is 0 Å². The smallest absolute Gasteiger partial charge is 0.335 e. The largest absolute Gasteiger partial charge is 0.493 e. The lowest BCUT2D eigenvalue weighted by Crippen LogP contribution is -2.21.